The summed E-state index contributed by atoms with van der Waals surface area (Å²) >= 11 is 7.38. The predicted molar refractivity (Wildman–Crippen MR) is 118 cm³/mol. The zero-order valence-corrected chi connectivity index (χ0v) is 18.9. The summed E-state index contributed by atoms with van der Waals surface area (Å²) in [6.07, 6.45) is 2.26. The number of hydrogen-bond acceptors (Lipinski definition) is 6. The first kappa shape index (κ1) is 22.7. The zero-order valence-electron chi connectivity index (χ0n) is 16.6. The fraction of sp³-hybridized carbons (Fsp3) is 0.350. The molecule has 1 aliphatic heterocycles. The minimum atomic E-state index is -3.88. The SMILES string of the molecule is CSCCC(NS(=O)(=O)c1ccc(Cl)cc1)C(=O)N[C@@H](C)c1ccc2c(c1)OCO2. The standard InChI is InChI=1S/C20H23ClN2O5S2/c1-13(14-3-8-18-19(11-14)28-12-27-18)22-20(24)17(9-10-29-2)23-30(25,26)16-6-4-15(21)5-7-16/h3-8,11,13,17,23H,9-10,12H2,1-2H3,(H,22,24)/t13-,17?/m0/s1. The molecule has 1 heterocycles. The molecule has 2 atom stereocenters. The topological polar surface area (TPSA) is 93.7 Å². The van der Waals surface area contributed by atoms with Gasteiger partial charge in [0.15, 0.2) is 11.5 Å². The number of carbonyl (C=O) groups is 1. The van der Waals surface area contributed by atoms with Crippen LogP contribution in [0.5, 0.6) is 11.5 Å². The molecular weight excluding hydrogens is 448 g/mol. The van der Waals surface area contributed by atoms with Gasteiger partial charge in [-0.2, -0.15) is 16.5 Å². The van der Waals surface area contributed by atoms with Crippen LogP contribution in [0.25, 0.3) is 0 Å². The molecule has 1 unspecified atom stereocenters. The number of hydrogen-bond donors (Lipinski definition) is 2. The average Bonchev–Trinajstić information content (AvgIpc) is 3.19. The first-order chi connectivity index (χ1) is 14.3. The van der Waals surface area contributed by atoms with Crippen LogP contribution in [-0.4, -0.2) is 39.2 Å². The van der Waals surface area contributed by atoms with Crippen LogP contribution >= 0.6 is 23.4 Å². The maximum atomic E-state index is 12.9. The van der Waals surface area contributed by atoms with E-state index in [-0.39, 0.29) is 17.7 Å². The number of ether oxygens (including phenoxy) is 2. The van der Waals surface area contributed by atoms with Crippen molar-refractivity contribution < 1.29 is 22.7 Å². The van der Waals surface area contributed by atoms with Crippen molar-refractivity contribution in [2.45, 2.75) is 30.3 Å². The van der Waals surface area contributed by atoms with E-state index in [9.17, 15) is 13.2 Å². The van der Waals surface area contributed by atoms with Gasteiger partial charge < -0.3 is 14.8 Å². The Bertz CT molecular complexity index is 999. The number of rotatable bonds is 9. The number of carbonyl (C=O) groups excluding carboxylic acids is 1. The molecule has 2 N–H and O–H groups in total. The molecule has 0 radical (unpaired) electrons. The lowest BCUT2D eigenvalue weighted by Crippen LogP contribution is -2.47. The highest BCUT2D eigenvalue weighted by molar-refractivity contribution is 7.98. The minimum absolute atomic E-state index is 0.0534. The second-order valence-corrected chi connectivity index (χ2v) is 9.89. The smallest absolute Gasteiger partial charge is 0.241 e. The second kappa shape index (κ2) is 9.91. The summed E-state index contributed by atoms with van der Waals surface area (Å²) in [5.74, 6) is 1.51. The number of amides is 1. The second-order valence-electron chi connectivity index (χ2n) is 6.75. The van der Waals surface area contributed by atoms with Gasteiger partial charge in [-0.15, -0.1) is 0 Å². The summed E-state index contributed by atoms with van der Waals surface area (Å²) in [6.45, 7) is 2.00. The van der Waals surface area contributed by atoms with Gasteiger partial charge in [-0.1, -0.05) is 17.7 Å². The molecule has 7 nitrogen and oxygen atoms in total. The van der Waals surface area contributed by atoms with Gasteiger partial charge in [-0.25, -0.2) is 8.42 Å². The number of sulfonamides is 1. The molecule has 1 aliphatic rings. The fourth-order valence-corrected chi connectivity index (χ4v) is 4.76. The Hall–Kier alpha value is -1.94. The van der Waals surface area contributed by atoms with Gasteiger partial charge in [0.1, 0.15) is 6.04 Å². The van der Waals surface area contributed by atoms with Gasteiger partial charge >= 0.3 is 0 Å². The van der Waals surface area contributed by atoms with Crippen LogP contribution in [0.15, 0.2) is 47.4 Å². The highest BCUT2D eigenvalue weighted by Gasteiger charge is 2.27. The van der Waals surface area contributed by atoms with E-state index in [1.807, 2.05) is 25.3 Å². The van der Waals surface area contributed by atoms with Gasteiger partial charge in [-0.3, -0.25) is 4.79 Å². The normalized spacial score (nSPS) is 14.9. The van der Waals surface area contributed by atoms with Crippen LogP contribution in [0.1, 0.15) is 24.9 Å². The van der Waals surface area contributed by atoms with Gasteiger partial charge in [0.2, 0.25) is 22.7 Å². The molecule has 2 aromatic carbocycles. The summed E-state index contributed by atoms with van der Waals surface area (Å²) in [5, 5.41) is 3.32. The molecule has 10 heteroatoms. The fourth-order valence-electron chi connectivity index (χ4n) is 2.93. The molecule has 0 bridgehead atoms. The maximum Gasteiger partial charge on any atom is 0.241 e. The molecule has 0 saturated carbocycles. The Balaban J connectivity index is 1.72. The maximum absolute atomic E-state index is 12.9. The van der Waals surface area contributed by atoms with Crippen molar-refractivity contribution in [1.29, 1.82) is 0 Å². The third kappa shape index (κ3) is 5.60. The van der Waals surface area contributed by atoms with Gasteiger partial charge in [0.25, 0.3) is 0 Å². The number of nitrogens with one attached hydrogen (secondary N) is 2. The van der Waals surface area contributed by atoms with E-state index in [0.717, 1.165) is 5.56 Å². The zero-order chi connectivity index (χ0) is 21.7. The highest BCUT2D eigenvalue weighted by atomic mass is 35.5. The van der Waals surface area contributed by atoms with E-state index >= 15 is 0 Å². The van der Waals surface area contributed by atoms with Crippen LogP contribution in [0.3, 0.4) is 0 Å². The Morgan fingerprint density at radius 2 is 1.87 bits per heavy atom. The van der Waals surface area contributed by atoms with E-state index in [0.29, 0.717) is 28.7 Å². The van der Waals surface area contributed by atoms with Crippen molar-refractivity contribution in [1.82, 2.24) is 10.0 Å². The van der Waals surface area contributed by atoms with Crippen molar-refractivity contribution in [2.75, 3.05) is 18.8 Å². The first-order valence-corrected chi connectivity index (χ1v) is 12.5. The minimum Gasteiger partial charge on any atom is -0.454 e. The first-order valence-electron chi connectivity index (χ1n) is 9.27. The molecular formula is C20H23ClN2O5S2. The molecule has 30 heavy (non-hydrogen) atoms. The largest absolute Gasteiger partial charge is 0.454 e. The Labute approximate surface area is 185 Å². The van der Waals surface area contributed by atoms with Gasteiger partial charge in [0, 0.05) is 5.02 Å². The summed E-state index contributed by atoms with van der Waals surface area (Å²) in [6, 6.07) is 9.99. The number of fused-ring (bicyclic) bond motifs is 1. The van der Waals surface area contributed by atoms with Crippen LogP contribution in [0.2, 0.25) is 5.02 Å². The third-order valence-electron chi connectivity index (χ3n) is 4.60. The van der Waals surface area contributed by atoms with E-state index < -0.39 is 22.0 Å². The van der Waals surface area contributed by atoms with Crippen molar-refractivity contribution >= 4 is 39.3 Å². The summed E-state index contributed by atoms with van der Waals surface area (Å²) < 4.78 is 38.7. The lowest BCUT2D eigenvalue weighted by atomic mass is 10.1. The van der Waals surface area contributed by atoms with Crippen LogP contribution in [0.4, 0.5) is 0 Å². The molecule has 3 rings (SSSR count). The van der Waals surface area contributed by atoms with Crippen LogP contribution in [-0.2, 0) is 14.8 Å². The van der Waals surface area contributed by atoms with Crippen molar-refractivity contribution in [3.05, 3.63) is 53.1 Å². The number of benzene rings is 2. The van der Waals surface area contributed by atoms with E-state index in [1.165, 1.54) is 36.0 Å². The van der Waals surface area contributed by atoms with Crippen molar-refractivity contribution in [3.63, 3.8) is 0 Å². The molecule has 1 amide bonds. The Morgan fingerprint density at radius 3 is 2.57 bits per heavy atom. The average molecular weight is 471 g/mol. The summed E-state index contributed by atoms with van der Waals surface area (Å²) in [4.78, 5) is 13.0. The van der Waals surface area contributed by atoms with Crippen molar-refractivity contribution in [3.8, 4) is 11.5 Å². The molecule has 162 valence electrons. The van der Waals surface area contributed by atoms with E-state index in [2.05, 4.69) is 10.0 Å². The monoisotopic (exact) mass is 470 g/mol. The lowest BCUT2D eigenvalue weighted by Gasteiger charge is -2.21. The molecule has 0 saturated heterocycles. The summed E-state index contributed by atoms with van der Waals surface area (Å²) in [5.41, 5.74) is 0.830. The lowest BCUT2D eigenvalue weighted by molar-refractivity contribution is -0.123. The van der Waals surface area contributed by atoms with Gasteiger partial charge in [0.05, 0.1) is 10.9 Å². The quantitative estimate of drug-likeness (QED) is 0.583. The van der Waals surface area contributed by atoms with E-state index in [4.69, 9.17) is 21.1 Å². The summed E-state index contributed by atoms with van der Waals surface area (Å²) in [7, 11) is -3.88. The third-order valence-corrected chi connectivity index (χ3v) is 6.99. The van der Waals surface area contributed by atoms with E-state index in [1.54, 1.807) is 6.07 Å². The van der Waals surface area contributed by atoms with Crippen LogP contribution < -0.4 is 19.5 Å². The molecule has 0 spiro atoms. The molecule has 2 aromatic rings. The predicted octanol–water partition coefficient (Wildman–Crippen LogP) is 3.35. The number of thioether (sulfide) groups is 1. The highest BCUT2D eigenvalue weighted by Crippen LogP contribution is 2.34. The Morgan fingerprint density at radius 1 is 1.17 bits per heavy atom. The molecule has 0 aliphatic carbocycles. The molecule has 0 fully saturated rings. The van der Waals surface area contributed by atoms with Crippen molar-refractivity contribution in [2.24, 2.45) is 0 Å². The molecule has 0 aromatic heterocycles. The van der Waals surface area contributed by atoms with Gasteiger partial charge in [-0.05, 0) is 67.3 Å². The Kier molecular flexibility index (Phi) is 7.51. The number of halogens is 1. The van der Waals surface area contributed by atoms with Crippen LogP contribution in [0, 0.1) is 0 Å².